The Bertz CT molecular complexity index is 1250. The second-order valence-corrected chi connectivity index (χ2v) is 10.8. The van der Waals surface area contributed by atoms with Gasteiger partial charge in [0.15, 0.2) is 11.5 Å². The largest absolute Gasteiger partial charge is 0.507 e. The average Bonchev–Trinajstić information content (AvgIpc) is 3.42. The zero-order valence-electron chi connectivity index (χ0n) is 24.4. The summed E-state index contributed by atoms with van der Waals surface area (Å²) in [5.41, 5.74) is 2.24. The van der Waals surface area contributed by atoms with Crippen LogP contribution in [0.15, 0.2) is 42.0 Å². The maximum absolute atomic E-state index is 13.5. The van der Waals surface area contributed by atoms with Crippen LogP contribution in [0.3, 0.4) is 0 Å². The number of likely N-dealkylation sites (tertiary alicyclic amines) is 1. The second kappa shape index (κ2) is 13.2. The molecular weight excluding hydrogens is 508 g/mol. The van der Waals surface area contributed by atoms with Gasteiger partial charge in [-0.3, -0.25) is 9.59 Å². The number of amides is 1. The summed E-state index contributed by atoms with van der Waals surface area (Å²) in [4.78, 5) is 30.5. The van der Waals surface area contributed by atoms with E-state index in [0.717, 1.165) is 43.5 Å². The molecule has 40 heavy (non-hydrogen) atoms. The maximum atomic E-state index is 13.5. The number of unbranched alkanes of at least 4 members (excludes halogenated alkanes) is 2. The molecule has 0 saturated carbocycles. The molecular formula is C32H42N2O6. The summed E-state index contributed by atoms with van der Waals surface area (Å²) in [6.45, 7) is 8.19. The van der Waals surface area contributed by atoms with Gasteiger partial charge in [-0.15, -0.1) is 0 Å². The molecule has 2 atom stereocenters. The number of hydrogen-bond acceptors (Lipinski definition) is 7. The molecule has 4 rings (SSSR count). The zero-order valence-corrected chi connectivity index (χ0v) is 24.4. The van der Waals surface area contributed by atoms with Gasteiger partial charge in [0.25, 0.3) is 11.7 Å². The van der Waals surface area contributed by atoms with Gasteiger partial charge in [0.2, 0.25) is 0 Å². The van der Waals surface area contributed by atoms with Gasteiger partial charge in [0, 0.05) is 18.5 Å². The van der Waals surface area contributed by atoms with E-state index < -0.39 is 17.7 Å². The number of carbonyl (C=O) groups is 2. The Hall–Kier alpha value is -3.52. The van der Waals surface area contributed by atoms with E-state index in [1.165, 1.54) is 0 Å². The van der Waals surface area contributed by atoms with Crippen LogP contribution in [0.1, 0.15) is 69.2 Å². The van der Waals surface area contributed by atoms with E-state index in [1.807, 2.05) is 63.2 Å². The number of aliphatic hydroxyl groups is 1. The predicted molar refractivity (Wildman–Crippen MR) is 155 cm³/mol. The number of hydrogen-bond donors (Lipinski definition) is 1. The molecule has 2 aromatic rings. The number of ketones is 1. The van der Waals surface area contributed by atoms with E-state index in [2.05, 4.69) is 6.92 Å². The van der Waals surface area contributed by atoms with Crippen LogP contribution >= 0.6 is 0 Å². The molecule has 1 saturated heterocycles. The summed E-state index contributed by atoms with van der Waals surface area (Å²) < 4.78 is 17.7. The molecule has 2 aliphatic rings. The molecule has 1 N–H and O–H groups in total. The van der Waals surface area contributed by atoms with Crippen molar-refractivity contribution in [1.82, 2.24) is 9.80 Å². The zero-order chi connectivity index (χ0) is 28.8. The highest BCUT2D eigenvalue weighted by atomic mass is 16.5. The number of nitrogens with zero attached hydrogens (tertiary/aromatic N) is 2. The summed E-state index contributed by atoms with van der Waals surface area (Å²) >= 11 is 0. The third-order valence-electron chi connectivity index (χ3n) is 7.30. The smallest absolute Gasteiger partial charge is 0.295 e. The Kier molecular flexibility index (Phi) is 9.74. The molecule has 1 amide bonds. The molecule has 8 heteroatoms. The quantitative estimate of drug-likeness (QED) is 0.156. The lowest BCUT2D eigenvalue weighted by Gasteiger charge is -2.26. The maximum Gasteiger partial charge on any atom is 0.295 e. The van der Waals surface area contributed by atoms with E-state index >= 15 is 0 Å². The summed E-state index contributed by atoms with van der Waals surface area (Å²) in [5.74, 6) is 0.480. The summed E-state index contributed by atoms with van der Waals surface area (Å²) in [6, 6.07) is 10.2. The summed E-state index contributed by atoms with van der Waals surface area (Å²) in [5, 5.41) is 11.5. The SMILES string of the molecule is CCCCCOc1ccc([C@@H]2C(=C(O)c3ccc4c(c3)C[C@@H](C)O4)C(=O)C(=O)N2CCCN(C)C)cc1OCC. The standard InChI is InChI=1S/C32H42N2O6/c1-6-8-9-17-39-26-14-11-22(20-27(26)38-7-2)29-28(31(36)32(37)34(29)16-10-15-33(4)5)30(35)23-12-13-25-24(19-23)18-21(3)40-25/h11-14,19-21,29,35H,6-10,15-18H2,1-5H3/t21-,29-/m1/s1. The number of ether oxygens (including phenoxy) is 3. The average molecular weight is 551 g/mol. The van der Waals surface area contributed by atoms with Gasteiger partial charge in [0.1, 0.15) is 17.6 Å². The Morgan fingerprint density at radius 1 is 1.05 bits per heavy atom. The van der Waals surface area contributed by atoms with Crippen molar-refractivity contribution in [3.05, 3.63) is 58.7 Å². The van der Waals surface area contributed by atoms with Gasteiger partial charge in [0.05, 0.1) is 24.8 Å². The fourth-order valence-electron chi connectivity index (χ4n) is 5.36. The van der Waals surface area contributed by atoms with Crippen LogP contribution in [-0.4, -0.2) is 73.1 Å². The van der Waals surface area contributed by atoms with Crippen LogP contribution in [-0.2, 0) is 16.0 Å². The molecule has 0 spiro atoms. The van der Waals surface area contributed by atoms with Crippen LogP contribution < -0.4 is 14.2 Å². The lowest BCUT2D eigenvalue weighted by molar-refractivity contribution is -0.139. The van der Waals surface area contributed by atoms with E-state index in [0.29, 0.717) is 48.8 Å². The number of benzene rings is 2. The monoisotopic (exact) mass is 550 g/mol. The molecule has 8 nitrogen and oxygen atoms in total. The first kappa shape index (κ1) is 29.5. The highest BCUT2D eigenvalue weighted by molar-refractivity contribution is 6.46. The molecule has 0 unspecified atom stereocenters. The van der Waals surface area contributed by atoms with Gasteiger partial charge < -0.3 is 29.1 Å². The van der Waals surface area contributed by atoms with Crippen LogP contribution in [0, 0.1) is 0 Å². The first-order valence-corrected chi connectivity index (χ1v) is 14.4. The minimum Gasteiger partial charge on any atom is -0.507 e. The molecule has 2 aliphatic heterocycles. The minimum absolute atomic E-state index is 0.0503. The Morgan fingerprint density at radius 2 is 1.85 bits per heavy atom. The molecule has 1 fully saturated rings. The van der Waals surface area contributed by atoms with Crippen molar-refractivity contribution in [1.29, 1.82) is 0 Å². The molecule has 0 aliphatic carbocycles. The van der Waals surface area contributed by atoms with E-state index in [-0.39, 0.29) is 17.4 Å². The first-order chi connectivity index (χ1) is 19.2. The third-order valence-corrected chi connectivity index (χ3v) is 7.30. The van der Waals surface area contributed by atoms with Gasteiger partial charge >= 0.3 is 0 Å². The second-order valence-electron chi connectivity index (χ2n) is 10.8. The summed E-state index contributed by atoms with van der Waals surface area (Å²) in [7, 11) is 3.94. The van der Waals surface area contributed by atoms with Crippen LogP contribution in [0.5, 0.6) is 17.2 Å². The van der Waals surface area contributed by atoms with Crippen LogP contribution in [0.4, 0.5) is 0 Å². The summed E-state index contributed by atoms with van der Waals surface area (Å²) in [6.07, 6.45) is 4.58. The first-order valence-electron chi connectivity index (χ1n) is 14.4. The van der Waals surface area contributed by atoms with Crippen molar-refractivity contribution in [3.8, 4) is 17.2 Å². The van der Waals surface area contributed by atoms with Crippen molar-refractivity contribution in [2.24, 2.45) is 0 Å². The van der Waals surface area contributed by atoms with Crippen LogP contribution in [0.25, 0.3) is 5.76 Å². The third kappa shape index (κ3) is 6.44. The van der Waals surface area contributed by atoms with Crippen molar-refractivity contribution >= 4 is 17.4 Å². The molecule has 0 radical (unpaired) electrons. The van der Waals surface area contributed by atoms with E-state index in [9.17, 15) is 14.7 Å². The minimum atomic E-state index is -0.751. The van der Waals surface area contributed by atoms with Crippen LogP contribution in [0.2, 0.25) is 0 Å². The fourth-order valence-corrected chi connectivity index (χ4v) is 5.36. The number of carbonyl (C=O) groups excluding carboxylic acids is 2. The van der Waals surface area contributed by atoms with Crippen molar-refractivity contribution in [2.75, 3.05) is 40.4 Å². The number of rotatable bonds is 13. The van der Waals surface area contributed by atoms with Crippen molar-refractivity contribution in [2.45, 2.75) is 65.0 Å². The topological polar surface area (TPSA) is 88.5 Å². The predicted octanol–water partition coefficient (Wildman–Crippen LogP) is 5.35. The van der Waals surface area contributed by atoms with E-state index in [4.69, 9.17) is 14.2 Å². The number of aliphatic hydroxyl groups excluding tert-OH is 1. The molecule has 2 aromatic carbocycles. The van der Waals surface area contributed by atoms with Gasteiger partial charge in [-0.1, -0.05) is 25.8 Å². The van der Waals surface area contributed by atoms with Crippen molar-refractivity contribution in [3.63, 3.8) is 0 Å². The van der Waals surface area contributed by atoms with Gasteiger partial charge in [-0.25, -0.2) is 0 Å². The van der Waals surface area contributed by atoms with Gasteiger partial charge in [-0.2, -0.15) is 0 Å². The normalized spacial score (nSPS) is 19.7. The number of Topliss-reactive ketones (excluding diaryl/α,β-unsaturated/α-hetero) is 1. The number of fused-ring (bicyclic) bond motifs is 1. The molecule has 216 valence electrons. The lowest BCUT2D eigenvalue weighted by Crippen LogP contribution is -2.32. The molecule has 2 heterocycles. The molecule has 0 bridgehead atoms. The van der Waals surface area contributed by atoms with E-state index in [1.54, 1.807) is 11.0 Å². The van der Waals surface area contributed by atoms with Crippen molar-refractivity contribution < 1.29 is 28.9 Å². The Labute approximate surface area is 237 Å². The molecule has 0 aromatic heterocycles. The highest BCUT2D eigenvalue weighted by Gasteiger charge is 2.46. The Morgan fingerprint density at radius 3 is 2.58 bits per heavy atom. The fraction of sp³-hybridized carbons (Fsp3) is 0.500. The van der Waals surface area contributed by atoms with Gasteiger partial charge in [-0.05, 0) is 88.8 Å². The highest BCUT2D eigenvalue weighted by Crippen LogP contribution is 2.43. The Balaban J connectivity index is 1.76. The lowest BCUT2D eigenvalue weighted by atomic mass is 9.94.